The Morgan fingerprint density at radius 1 is 0.929 bits per heavy atom. The summed E-state index contributed by atoms with van der Waals surface area (Å²) in [6.07, 6.45) is 0.371. The lowest BCUT2D eigenvalue weighted by Gasteiger charge is -2.11. The second kappa shape index (κ2) is 8.12. The number of halogens is 1. The van der Waals surface area contributed by atoms with E-state index >= 15 is 0 Å². The molecule has 0 aliphatic carbocycles. The lowest BCUT2D eigenvalue weighted by molar-refractivity contribution is 0.0655. The SMILES string of the molecule is O=C1c2ccccc2C(=O)N1CCc1nnn(CCSc2ccc(Cl)cc2)n1. The molecule has 0 bridgehead atoms. The highest BCUT2D eigenvalue weighted by Crippen LogP contribution is 2.22. The molecule has 0 radical (unpaired) electrons. The molecule has 4 rings (SSSR count). The second-order valence-corrected chi connectivity index (χ2v) is 7.77. The molecule has 142 valence electrons. The molecule has 0 saturated carbocycles. The first kappa shape index (κ1) is 18.6. The fourth-order valence-electron chi connectivity index (χ4n) is 2.90. The number of aromatic nitrogens is 4. The Hall–Kier alpha value is -2.71. The standard InChI is InChI=1S/C19H16ClN5O2S/c20-13-5-7-14(8-6-13)28-12-11-25-22-17(21-23-25)9-10-24-18(26)15-3-1-2-4-16(15)19(24)27/h1-8H,9-12H2. The third-order valence-electron chi connectivity index (χ3n) is 4.31. The van der Waals surface area contributed by atoms with Crippen molar-refractivity contribution in [2.75, 3.05) is 12.3 Å². The van der Waals surface area contributed by atoms with Crippen LogP contribution in [0.1, 0.15) is 26.5 Å². The van der Waals surface area contributed by atoms with Crippen LogP contribution < -0.4 is 0 Å². The van der Waals surface area contributed by atoms with Crippen molar-refractivity contribution in [2.45, 2.75) is 17.9 Å². The van der Waals surface area contributed by atoms with E-state index in [0.29, 0.717) is 34.9 Å². The predicted octanol–water partition coefficient (Wildman–Crippen LogP) is 2.96. The van der Waals surface area contributed by atoms with Gasteiger partial charge in [0, 0.05) is 28.6 Å². The average molecular weight is 414 g/mol. The first-order valence-corrected chi connectivity index (χ1v) is 10.1. The van der Waals surface area contributed by atoms with Crippen LogP contribution >= 0.6 is 23.4 Å². The smallest absolute Gasteiger partial charge is 0.261 e. The van der Waals surface area contributed by atoms with Crippen molar-refractivity contribution in [2.24, 2.45) is 0 Å². The summed E-state index contributed by atoms with van der Waals surface area (Å²) in [5, 5.41) is 13.1. The van der Waals surface area contributed by atoms with Crippen LogP contribution in [0.15, 0.2) is 53.4 Å². The van der Waals surface area contributed by atoms with E-state index in [1.807, 2.05) is 24.3 Å². The van der Waals surface area contributed by atoms with Crippen molar-refractivity contribution >= 4 is 35.2 Å². The van der Waals surface area contributed by atoms with E-state index in [9.17, 15) is 9.59 Å². The molecule has 3 aromatic rings. The van der Waals surface area contributed by atoms with Gasteiger partial charge in [0.25, 0.3) is 11.8 Å². The fraction of sp³-hybridized carbons (Fsp3) is 0.211. The average Bonchev–Trinajstić information content (AvgIpc) is 3.25. The number of aryl methyl sites for hydroxylation is 1. The van der Waals surface area contributed by atoms with Crippen molar-refractivity contribution in [3.63, 3.8) is 0 Å². The zero-order valence-corrected chi connectivity index (χ0v) is 16.4. The number of thioether (sulfide) groups is 1. The molecule has 0 spiro atoms. The molecule has 0 unspecified atom stereocenters. The molecule has 2 heterocycles. The first-order chi connectivity index (χ1) is 13.6. The topological polar surface area (TPSA) is 81.0 Å². The van der Waals surface area contributed by atoms with E-state index in [4.69, 9.17) is 11.6 Å². The lowest BCUT2D eigenvalue weighted by Crippen LogP contribution is -2.32. The summed E-state index contributed by atoms with van der Waals surface area (Å²) in [6, 6.07) is 14.5. The monoisotopic (exact) mass is 413 g/mol. The summed E-state index contributed by atoms with van der Waals surface area (Å²) in [7, 11) is 0. The third-order valence-corrected chi connectivity index (χ3v) is 5.55. The highest BCUT2D eigenvalue weighted by molar-refractivity contribution is 7.99. The van der Waals surface area contributed by atoms with Gasteiger partial charge < -0.3 is 0 Å². The van der Waals surface area contributed by atoms with Crippen LogP contribution in [0.25, 0.3) is 0 Å². The molecule has 0 N–H and O–H groups in total. The van der Waals surface area contributed by atoms with Crippen LogP contribution in [0, 0.1) is 0 Å². The molecule has 1 aromatic heterocycles. The van der Waals surface area contributed by atoms with Crippen LogP contribution in [-0.4, -0.2) is 49.2 Å². The van der Waals surface area contributed by atoms with Gasteiger partial charge in [-0.3, -0.25) is 14.5 Å². The van der Waals surface area contributed by atoms with Gasteiger partial charge in [0.15, 0.2) is 5.82 Å². The van der Waals surface area contributed by atoms with Gasteiger partial charge in [-0.1, -0.05) is 23.7 Å². The molecule has 0 fully saturated rings. The largest absolute Gasteiger partial charge is 0.274 e. The quantitative estimate of drug-likeness (QED) is 0.437. The summed E-state index contributed by atoms with van der Waals surface area (Å²) < 4.78 is 0. The number of amides is 2. The number of imide groups is 1. The van der Waals surface area contributed by atoms with Crippen molar-refractivity contribution < 1.29 is 9.59 Å². The second-order valence-electron chi connectivity index (χ2n) is 6.16. The van der Waals surface area contributed by atoms with Crippen molar-refractivity contribution in [1.29, 1.82) is 0 Å². The minimum absolute atomic E-state index is 0.234. The summed E-state index contributed by atoms with van der Waals surface area (Å²) >= 11 is 7.55. The molecule has 1 aliphatic rings. The van der Waals surface area contributed by atoms with E-state index in [2.05, 4.69) is 15.4 Å². The van der Waals surface area contributed by atoms with E-state index in [-0.39, 0.29) is 18.4 Å². The number of rotatable bonds is 7. The minimum Gasteiger partial charge on any atom is -0.274 e. The maximum absolute atomic E-state index is 12.4. The predicted molar refractivity (Wildman–Crippen MR) is 106 cm³/mol. The van der Waals surface area contributed by atoms with Crippen LogP contribution in [0.5, 0.6) is 0 Å². The van der Waals surface area contributed by atoms with Gasteiger partial charge in [0.05, 0.1) is 17.7 Å². The number of benzene rings is 2. The first-order valence-electron chi connectivity index (χ1n) is 8.72. The normalized spacial score (nSPS) is 13.2. The molecule has 7 nitrogen and oxygen atoms in total. The third kappa shape index (κ3) is 3.93. The molecule has 2 aromatic carbocycles. The Bertz CT molecular complexity index is 986. The number of nitrogens with zero attached hydrogens (tertiary/aromatic N) is 5. The van der Waals surface area contributed by atoms with Gasteiger partial charge in [-0.15, -0.1) is 22.0 Å². The van der Waals surface area contributed by atoms with Crippen LogP contribution in [0.3, 0.4) is 0 Å². The lowest BCUT2D eigenvalue weighted by atomic mass is 10.1. The minimum atomic E-state index is -0.271. The number of carbonyl (C=O) groups excluding carboxylic acids is 2. The molecule has 9 heteroatoms. The van der Waals surface area contributed by atoms with Gasteiger partial charge in [0.2, 0.25) is 0 Å². The summed E-state index contributed by atoms with van der Waals surface area (Å²) in [5.41, 5.74) is 0.895. The number of carbonyl (C=O) groups is 2. The highest BCUT2D eigenvalue weighted by Gasteiger charge is 2.34. The Kier molecular flexibility index (Phi) is 5.40. The molecule has 1 aliphatic heterocycles. The van der Waals surface area contributed by atoms with Gasteiger partial charge in [0.1, 0.15) is 0 Å². The van der Waals surface area contributed by atoms with E-state index in [1.165, 1.54) is 9.70 Å². The number of hydrogen-bond acceptors (Lipinski definition) is 6. The highest BCUT2D eigenvalue weighted by atomic mass is 35.5. The van der Waals surface area contributed by atoms with Crippen molar-refractivity contribution in [3.05, 3.63) is 70.5 Å². The van der Waals surface area contributed by atoms with Crippen LogP contribution in [-0.2, 0) is 13.0 Å². The van der Waals surface area contributed by atoms with Crippen molar-refractivity contribution in [3.8, 4) is 0 Å². The number of hydrogen-bond donors (Lipinski definition) is 0. The molecule has 0 atom stereocenters. The Morgan fingerprint density at radius 3 is 2.29 bits per heavy atom. The molecular weight excluding hydrogens is 398 g/mol. The fourth-order valence-corrected chi connectivity index (χ4v) is 3.85. The van der Waals surface area contributed by atoms with Gasteiger partial charge >= 0.3 is 0 Å². The maximum Gasteiger partial charge on any atom is 0.261 e. The zero-order valence-electron chi connectivity index (χ0n) is 14.8. The molecule has 28 heavy (non-hydrogen) atoms. The number of fused-ring (bicyclic) bond motifs is 1. The Morgan fingerprint density at radius 2 is 1.61 bits per heavy atom. The van der Waals surface area contributed by atoms with Crippen LogP contribution in [0.2, 0.25) is 5.02 Å². The van der Waals surface area contributed by atoms with E-state index in [0.717, 1.165) is 10.6 Å². The number of tetrazole rings is 1. The van der Waals surface area contributed by atoms with E-state index in [1.54, 1.807) is 36.0 Å². The van der Waals surface area contributed by atoms with Gasteiger partial charge in [-0.05, 0) is 41.6 Å². The summed E-state index contributed by atoms with van der Waals surface area (Å²) in [6.45, 7) is 0.838. The van der Waals surface area contributed by atoms with Crippen molar-refractivity contribution in [1.82, 2.24) is 25.1 Å². The Labute approximate surface area is 170 Å². The molecule has 2 amide bonds. The van der Waals surface area contributed by atoms with E-state index < -0.39 is 0 Å². The molecule has 0 saturated heterocycles. The summed E-state index contributed by atoms with van der Waals surface area (Å²) in [5.74, 6) is 0.753. The van der Waals surface area contributed by atoms with Gasteiger partial charge in [-0.2, -0.15) is 4.80 Å². The van der Waals surface area contributed by atoms with Gasteiger partial charge in [-0.25, -0.2) is 0 Å². The Balaban J connectivity index is 1.29. The summed E-state index contributed by atoms with van der Waals surface area (Å²) in [4.78, 5) is 28.6. The maximum atomic E-state index is 12.4. The zero-order chi connectivity index (χ0) is 19.5. The molecular formula is C19H16ClN5O2S. The van der Waals surface area contributed by atoms with Crippen LogP contribution in [0.4, 0.5) is 0 Å².